The number of halogens is 2. The van der Waals surface area contributed by atoms with E-state index in [0.29, 0.717) is 34.5 Å². The van der Waals surface area contributed by atoms with E-state index in [-0.39, 0.29) is 11.5 Å². The Bertz CT molecular complexity index is 1120. The summed E-state index contributed by atoms with van der Waals surface area (Å²) in [6, 6.07) is 7.25. The standard InChI is InChI=1S/C23H24Cl2N2O4/c1-13-10-16(14(2)27(13)20-7-6-17(24)12-19(20)25)11-18-21(23(29)31-5)15(3)26(22(18)28)8-9-30-4/h6-7,10-12H,8-9H2,1-5H3. The number of ether oxygens (including phenoxy) is 2. The molecule has 1 aromatic carbocycles. The predicted molar refractivity (Wildman–Crippen MR) is 122 cm³/mol. The summed E-state index contributed by atoms with van der Waals surface area (Å²) in [7, 11) is 2.87. The van der Waals surface area contributed by atoms with Crippen LogP contribution in [0.1, 0.15) is 23.9 Å². The van der Waals surface area contributed by atoms with Gasteiger partial charge in [-0.25, -0.2) is 4.79 Å². The molecule has 0 saturated carbocycles. The second-order valence-corrected chi connectivity index (χ2v) is 8.06. The number of nitrogens with zero attached hydrogens (tertiary/aromatic N) is 2. The molecular formula is C23H24Cl2N2O4. The number of carbonyl (C=O) groups is 2. The van der Waals surface area contributed by atoms with Crippen molar-refractivity contribution in [2.75, 3.05) is 27.4 Å². The number of benzene rings is 1. The summed E-state index contributed by atoms with van der Waals surface area (Å²) in [6.45, 7) is 6.31. The Balaban J connectivity index is 2.12. The average molecular weight is 463 g/mol. The fourth-order valence-electron chi connectivity index (χ4n) is 3.80. The summed E-state index contributed by atoms with van der Waals surface area (Å²) in [5, 5.41) is 1.07. The van der Waals surface area contributed by atoms with Crippen LogP contribution >= 0.6 is 23.2 Å². The van der Waals surface area contributed by atoms with Crippen molar-refractivity contribution >= 4 is 41.2 Å². The van der Waals surface area contributed by atoms with Crippen LogP contribution in [-0.2, 0) is 19.1 Å². The predicted octanol–water partition coefficient (Wildman–Crippen LogP) is 4.72. The number of esters is 1. The van der Waals surface area contributed by atoms with Gasteiger partial charge < -0.3 is 18.9 Å². The van der Waals surface area contributed by atoms with E-state index in [9.17, 15) is 9.59 Å². The van der Waals surface area contributed by atoms with Gasteiger partial charge in [0.25, 0.3) is 5.91 Å². The van der Waals surface area contributed by atoms with E-state index in [1.807, 2.05) is 30.5 Å². The lowest BCUT2D eigenvalue weighted by molar-refractivity contribution is -0.136. The molecule has 6 nitrogen and oxygen atoms in total. The first-order valence-electron chi connectivity index (χ1n) is 9.67. The molecule has 1 aliphatic rings. The first-order chi connectivity index (χ1) is 14.7. The van der Waals surface area contributed by atoms with Crippen molar-refractivity contribution in [3.63, 3.8) is 0 Å². The van der Waals surface area contributed by atoms with Gasteiger partial charge in [0.2, 0.25) is 0 Å². The molecule has 0 bridgehead atoms. The van der Waals surface area contributed by atoms with Crippen LogP contribution in [0.15, 0.2) is 41.1 Å². The topological polar surface area (TPSA) is 60.8 Å². The Hall–Kier alpha value is -2.54. The van der Waals surface area contributed by atoms with Gasteiger partial charge in [0, 0.05) is 35.8 Å². The Morgan fingerprint density at radius 1 is 1.13 bits per heavy atom. The van der Waals surface area contributed by atoms with Gasteiger partial charge in [-0.3, -0.25) is 4.79 Å². The van der Waals surface area contributed by atoms with E-state index in [2.05, 4.69) is 0 Å². The van der Waals surface area contributed by atoms with Crippen LogP contribution in [0.3, 0.4) is 0 Å². The fraction of sp³-hybridized carbons (Fsp3) is 0.304. The third kappa shape index (κ3) is 4.28. The third-order valence-electron chi connectivity index (χ3n) is 5.34. The smallest absolute Gasteiger partial charge is 0.340 e. The van der Waals surface area contributed by atoms with Crippen LogP contribution in [0, 0.1) is 13.8 Å². The Kier molecular flexibility index (Phi) is 6.94. The molecule has 0 fully saturated rings. The van der Waals surface area contributed by atoms with Crippen LogP contribution in [0.25, 0.3) is 11.8 Å². The molecule has 0 N–H and O–H groups in total. The zero-order valence-corrected chi connectivity index (χ0v) is 19.6. The van der Waals surface area contributed by atoms with Crippen molar-refractivity contribution in [2.45, 2.75) is 20.8 Å². The number of rotatable bonds is 6. The zero-order valence-electron chi connectivity index (χ0n) is 18.1. The van der Waals surface area contributed by atoms with Gasteiger partial charge in [-0.15, -0.1) is 0 Å². The van der Waals surface area contributed by atoms with Crippen molar-refractivity contribution in [3.8, 4) is 5.69 Å². The fourth-order valence-corrected chi connectivity index (χ4v) is 4.30. The van der Waals surface area contributed by atoms with Crippen LogP contribution in [0.5, 0.6) is 0 Å². The van der Waals surface area contributed by atoms with Crippen molar-refractivity contribution in [3.05, 3.63) is 68.1 Å². The van der Waals surface area contributed by atoms with E-state index in [1.54, 1.807) is 32.2 Å². The van der Waals surface area contributed by atoms with Gasteiger partial charge in [-0.2, -0.15) is 0 Å². The van der Waals surface area contributed by atoms with E-state index >= 15 is 0 Å². The monoisotopic (exact) mass is 462 g/mol. The molecule has 1 aromatic heterocycles. The Morgan fingerprint density at radius 2 is 1.84 bits per heavy atom. The van der Waals surface area contributed by atoms with Gasteiger partial charge in [0.05, 0.1) is 35.6 Å². The molecule has 1 aliphatic heterocycles. The van der Waals surface area contributed by atoms with Gasteiger partial charge >= 0.3 is 5.97 Å². The Labute approximate surface area is 191 Å². The van der Waals surface area contributed by atoms with E-state index < -0.39 is 5.97 Å². The first kappa shape index (κ1) is 23.1. The molecule has 3 rings (SSSR count). The summed E-state index contributed by atoms with van der Waals surface area (Å²) >= 11 is 12.5. The summed E-state index contributed by atoms with van der Waals surface area (Å²) in [4.78, 5) is 27.1. The number of carbonyl (C=O) groups excluding carboxylic acids is 2. The number of allylic oxidation sites excluding steroid dienone is 1. The first-order valence-corrected chi connectivity index (χ1v) is 10.4. The minimum atomic E-state index is -0.549. The molecule has 2 heterocycles. The molecule has 31 heavy (non-hydrogen) atoms. The molecule has 0 spiro atoms. The summed E-state index contributed by atoms with van der Waals surface area (Å²) in [5.41, 5.74) is 4.49. The number of methoxy groups -OCH3 is 2. The molecule has 1 amide bonds. The number of amides is 1. The summed E-state index contributed by atoms with van der Waals surface area (Å²) in [5.74, 6) is -0.809. The van der Waals surface area contributed by atoms with Crippen molar-refractivity contribution in [1.82, 2.24) is 9.47 Å². The van der Waals surface area contributed by atoms with Crippen molar-refractivity contribution in [2.24, 2.45) is 0 Å². The highest BCUT2D eigenvalue weighted by Crippen LogP contribution is 2.34. The highest BCUT2D eigenvalue weighted by Gasteiger charge is 2.37. The number of hydrogen-bond acceptors (Lipinski definition) is 4. The lowest BCUT2D eigenvalue weighted by Gasteiger charge is -2.16. The average Bonchev–Trinajstić information content (AvgIpc) is 3.13. The number of aromatic nitrogens is 1. The zero-order chi connectivity index (χ0) is 22.9. The minimum absolute atomic E-state index is 0.260. The van der Waals surface area contributed by atoms with E-state index in [4.69, 9.17) is 32.7 Å². The molecule has 0 unspecified atom stereocenters. The van der Waals surface area contributed by atoms with Crippen LogP contribution in [0.4, 0.5) is 0 Å². The highest BCUT2D eigenvalue weighted by molar-refractivity contribution is 6.35. The van der Waals surface area contributed by atoms with Crippen molar-refractivity contribution < 1.29 is 19.1 Å². The Morgan fingerprint density at radius 3 is 2.45 bits per heavy atom. The second-order valence-electron chi connectivity index (χ2n) is 7.22. The normalized spacial score (nSPS) is 15.4. The van der Waals surface area contributed by atoms with Gasteiger partial charge in [-0.1, -0.05) is 23.2 Å². The lowest BCUT2D eigenvalue weighted by Crippen LogP contribution is -2.28. The summed E-state index contributed by atoms with van der Waals surface area (Å²) in [6.07, 6.45) is 1.73. The lowest BCUT2D eigenvalue weighted by atomic mass is 10.0. The number of hydrogen-bond donors (Lipinski definition) is 0. The SMILES string of the molecule is COCCN1C(=O)C(=Cc2cc(C)n(-c3ccc(Cl)cc3Cl)c2C)C(C(=O)OC)=C1C. The highest BCUT2D eigenvalue weighted by atomic mass is 35.5. The maximum Gasteiger partial charge on any atom is 0.340 e. The van der Waals surface area contributed by atoms with E-state index in [1.165, 1.54) is 12.0 Å². The molecule has 2 aromatic rings. The molecule has 0 saturated heterocycles. The molecule has 8 heteroatoms. The van der Waals surface area contributed by atoms with Crippen LogP contribution in [-0.4, -0.2) is 48.7 Å². The molecule has 0 atom stereocenters. The largest absolute Gasteiger partial charge is 0.465 e. The molecular weight excluding hydrogens is 439 g/mol. The van der Waals surface area contributed by atoms with Gasteiger partial charge in [0.1, 0.15) is 0 Å². The van der Waals surface area contributed by atoms with Gasteiger partial charge in [-0.05, 0) is 56.7 Å². The minimum Gasteiger partial charge on any atom is -0.465 e. The van der Waals surface area contributed by atoms with Crippen LogP contribution < -0.4 is 0 Å². The quantitative estimate of drug-likeness (QED) is 0.460. The van der Waals surface area contributed by atoms with E-state index in [0.717, 1.165) is 22.6 Å². The molecule has 0 radical (unpaired) electrons. The van der Waals surface area contributed by atoms with Gasteiger partial charge in [0.15, 0.2) is 0 Å². The maximum absolute atomic E-state index is 13.1. The second kappa shape index (κ2) is 9.30. The maximum atomic E-state index is 13.1. The number of aryl methyl sites for hydroxylation is 1. The van der Waals surface area contributed by atoms with Crippen LogP contribution in [0.2, 0.25) is 10.0 Å². The third-order valence-corrected chi connectivity index (χ3v) is 5.88. The molecule has 164 valence electrons. The van der Waals surface area contributed by atoms with Crippen molar-refractivity contribution in [1.29, 1.82) is 0 Å². The summed E-state index contributed by atoms with van der Waals surface area (Å²) < 4.78 is 12.0. The molecule has 0 aliphatic carbocycles.